The molecule has 3 aliphatic rings. The number of nitrogens with zero attached hydrogens (tertiary/aromatic N) is 3. The van der Waals surface area contributed by atoms with Gasteiger partial charge in [-0.1, -0.05) is 18.9 Å². The quantitative estimate of drug-likeness (QED) is 0.704. The molecule has 0 unspecified atom stereocenters. The first-order valence-electron chi connectivity index (χ1n) is 11.4. The molecule has 168 valence electrons. The Labute approximate surface area is 191 Å². The van der Waals surface area contributed by atoms with Crippen molar-refractivity contribution in [2.45, 2.75) is 50.6 Å². The van der Waals surface area contributed by atoms with Crippen molar-refractivity contribution in [3.8, 4) is 0 Å². The monoisotopic (exact) mass is 452 g/mol. The summed E-state index contributed by atoms with van der Waals surface area (Å²) in [6.45, 7) is 1.50. The first-order valence-corrected chi connectivity index (χ1v) is 12.4. The van der Waals surface area contributed by atoms with Gasteiger partial charge in [-0.15, -0.1) is 0 Å². The van der Waals surface area contributed by atoms with E-state index in [0.717, 1.165) is 31.2 Å². The van der Waals surface area contributed by atoms with E-state index in [-0.39, 0.29) is 36.2 Å². The van der Waals surface area contributed by atoms with Crippen LogP contribution in [0.3, 0.4) is 0 Å². The van der Waals surface area contributed by atoms with Crippen LogP contribution in [0, 0.1) is 11.8 Å². The topological polar surface area (TPSA) is 82.6 Å². The number of amides is 4. The number of rotatable bonds is 5. The van der Waals surface area contributed by atoms with Crippen LogP contribution in [0.5, 0.6) is 0 Å². The molecule has 1 saturated carbocycles. The van der Waals surface area contributed by atoms with E-state index in [2.05, 4.69) is 10.3 Å². The number of carbonyl (C=O) groups is 3. The summed E-state index contributed by atoms with van der Waals surface area (Å²) < 4.78 is 0. The Morgan fingerprint density at radius 1 is 1.16 bits per heavy atom. The first-order chi connectivity index (χ1) is 15.6. The molecule has 1 N–H and O–H groups in total. The van der Waals surface area contributed by atoms with Gasteiger partial charge in [0.25, 0.3) is 5.91 Å². The van der Waals surface area contributed by atoms with E-state index in [1.165, 1.54) is 4.90 Å². The molecule has 3 fully saturated rings. The number of pyridine rings is 1. The number of nitrogens with one attached hydrogen (secondary N) is 1. The molecule has 4 amide bonds. The van der Waals surface area contributed by atoms with Crippen LogP contribution in [0.15, 0.2) is 41.4 Å². The summed E-state index contributed by atoms with van der Waals surface area (Å²) in [6, 6.07) is 5.24. The molecule has 0 radical (unpaired) electrons. The third-order valence-electron chi connectivity index (χ3n) is 7.29. The molecule has 1 atom stereocenters. The van der Waals surface area contributed by atoms with E-state index in [1.54, 1.807) is 29.8 Å². The maximum absolute atomic E-state index is 13.8. The second-order valence-corrected chi connectivity index (χ2v) is 9.86. The van der Waals surface area contributed by atoms with Crippen molar-refractivity contribution >= 4 is 29.2 Å². The number of carbonyl (C=O) groups excluding carboxylic acids is 3. The molecular formula is C24H28N4O3S. The van der Waals surface area contributed by atoms with Crippen LogP contribution in [0.4, 0.5) is 4.79 Å². The largest absolute Gasteiger partial charge is 0.342 e. The Kier molecular flexibility index (Phi) is 5.71. The summed E-state index contributed by atoms with van der Waals surface area (Å²) in [6.07, 6.45) is 8.95. The molecule has 0 bridgehead atoms. The minimum absolute atomic E-state index is 0.0942. The van der Waals surface area contributed by atoms with Crippen LogP contribution in [-0.4, -0.2) is 45.7 Å². The molecule has 2 aromatic rings. The average Bonchev–Trinajstić information content (AvgIpc) is 3.59. The zero-order chi connectivity index (χ0) is 22.1. The summed E-state index contributed by atoms with van der Waals surface area (Å²) >= 11 is 1.55. The fraction of sp³-hybridized carbons (Fsp3) is 0.500. The molecule has 5 rings (SSSR count). The minimum atomic E-state index is -1.14. The number of hydrogen-bond donors (Lipinski definition) is 1. The van der Waals surface area contributed by atoms with Gasteiger partial charge in [-0.25, -0.2) is 4.79 Å². The van der Waals surface area contributed by atoms with Crippen LogP contribution >= 0.6 is 11.3 Å². The summed E-state index contributed by atoms with van der Waals surface area (Å²) in [5.74, 6) is 0.107. The number of likely N-dealkylation sites (tertiary alicyclic amines) is 1. The summed E-state index contributed by atoms with van der Waals surface area (Å²) in [5, 5.41) is 6.96. The average molecular weight is 453 g/mol. The van der Waals surface area contributed by atoms with E-state index in [0.29, 0.717) is 31.5 Å². The van der Waals surface area contributed by atoms with Crippen molar-refractivity contribution in [3.05, 3.63) is 52.5 Å². The van der Waals surface area contributed by atoms with Crippen molar-refractivity contribution in [2.24, 2.45) is 11.8 Å². The minimum Gasteiger partial charge on any atom is -0.342 e. The second kappa shape index (κ2) is 8.65. The zero-order valence-electron chi connectivity index (χ0n) is 18.0. The van der Waals surface area contributed by atoms with Crippen LogP contribution in [0.1, 0.15) is 49.7 Å². The molecule has 2 aliphatic heterocycles. The lowest BCUT2D eigenvalue weighted by atomic mass is 9.73. The first kappa shape index (κ1) is 21.1. The Balaban J connectivity index is 1.39. The summed E-state index contributed by atoms with van der Waals surface area (Å²) in [7, 11) is 0. The highest BCUT2D eigenvalue weighted by Gasteiger charge is 2.57. The van der Waals surface area contributed by atoms with Gasteiger partial charge in [0, 0.05) is 37.0 Å². The molecule has 1 aliphatic carbocycles. The molecule has 2 saturated heterocycles. The number of urea groups is 1. The van der Waals surface area contributed by atoms with Crippen molar-refractivity contribution in [1.29, 1.82) is 0 Å². The number of thiophene rings is 1. The third-order valence-corrected chi connectivity index (χ3v) is 8.02. The molecule has 32 heavy (non-hydrogen) atoms. The predicted octanol–water partition coefficient (Wildman–Crippen LogP) is 3.52. The van der Waals surface area contributed by atoms with Gasteiger partial charge in [0.05, 0.1) is 6.54 Å². The van der Waals surface area contributed by atoms with Crippen LogP contribution in [-0.2, 0) is 21.7 Å². The lowest BCUT2D eigenvalue weighted by Gasteiger charge is -2.41. The Morgan fingerprint density at radius 2 is 1.94 bits per heavy atom. The van der Waals surface area contributed by atoms with Crippen molar-refractivity contribution in [2.75, 3.05) is 13.1 Å². The molecule has 2 aromatic heterocycles. The fourth-order valence-electron chi connectivity index (χ4n) is 5.57. The maximum atomic E-state index is 13.8. The number of piperidine rings is 1. The predicted molar refractivity (Wildman–Crippen MR) is 121 cm³/mol. The molecular weight excluding hydrogens is 424 g/mol. The van der Waals surface area contributed by atoms with E-state index in [1.807, 2.05) is 27.8 Å². The van der Waals surface area contributed by atoms with Crippen molar-refractivity contribution in [3.63, 3.8) is 0 Å². The van der Waals surface area contributed by atoms with Gasteiger partial charge in [0.2, 0.25) is 5.91 Å². The highest BCUT2D eigenvalue weighted by molar-refractivity contribution is 7.07. The summed E-state index contributed by atoms with van der Waals surface area (Å²) in [5.41, 5.74) is 0.522. The maximum Gasteiger partial charge on any atom is 0.325 e. The fourth-order valence-corrected chi connectivity index (χ4v) is 6.23. The van der Waals surface area contributed by atoms with Gasteiger partial charge in [-0.2, -0.15) is 11.3 Å². The van der Waals surface area contributed by atoms with Gasteiger partial charge < -0.3 is 10.2 Å². The van der Waals surface area contributed by atoms with Crippen LogP contribution in [0.2, 0.25) is 0 Å². The SMILES string of the molecule is O=C(C1CCCC1)N1CCC([C@@]2(c3cccnc3)NC(=O)N(Cc3ccsc3)C2=O)CC1. The van der Waals surface area contributed by atoms with Crippen molar-refractivity contribution in [1.82, 2.24) is 20.1 Å². The molecule has 0 aromatic carbocycles. The van der Waals surface area contributed by atoms with Crippen LogP contribution < -0.4 is 5.32 Å². The second-order valence-electron chi connectivity index (χ2n) is 9.08. The van der Waals surface area contributed by atoms with Crippen molar-refractivity contribution < 1.29 is 14.4 Å². The molecule has 8 heteroatoms. The Morgan fingerprint density at radius 3 is 2.59 bits per heavy atom. The van der Waals surface area contributed by atoms with Gasteiger partial charge in [-0.05, 0) is 60.1 Å². The third kappa shape index (κ3) is 3.60. The van der Waals surface area contributed by atoms with Gasteiger partial charge >= 0.3 is 6.03 Å². The highest BCUT2D eigenvalue weighted by Crippen LogP contribution is 2.42. The normalized spacial score (nSPS) is 24.9. The molecule has 0 spiro atoms. The molecule has 4 heterocycles. The smallest absolute Gasteiger partial charge is 0.325 e. The van der Waals surface area contributed by atoms with E-state index in [9.17, 15) is 14.4 Å². The van der Waals surface area contributed by atoms with Gasteiger partial charge in [0.15, 0.2) is 5.54 Å². The lowest BCUT2D eigenvalue weighted by Crippen LogP contribution is -2.54. The van der Waals surface area contributed by atoms with E-state index in [4.69, 9.17) is 0 Å². The highest BCUT2D eigenvalue weighted by atomic mass is 32.1. The zero-order valence-corrected chi connectivity index (χ0v) is 18.9. The standard InChI is InChI=1S/C24H28N4O3S/c29-21(18-4-1-2-5-18)27-11-7-19(8-12-27)24(20-6-3-10-25-14-20)22(30)28(23(31)26-24)15-17-9-13-32-16-17/h3,6,9-10,13-14,16,18-19H,1-2,4-5,7-8,11-12,15H2,(H,26,31)/t24-/m0/s1. The van der Waals surface area contributed by atoms with E-state index >= 15 is 0 Å². The van der Waals surface area contributed by atoms with Gasteiger partial charge in [-0.3, -0.25) is 19.5 Å². The van der Waals surface area contributed by atoms with Gasteiger partial charge in [0.1, 0.15) is 0 Å². The molecule has 7 nitrogen and oxygen atoms in total. The van der Waals surface area contributed by atoms with E-state index < -0.39 is 5.54 Å². The Bertz CT molecular complexity index is 982. The number of hydrogen-bond acceptors (Lipinski definition) is 5. The lowest BCUT2D eigenvalue weighted by molar-refractivity contribution is -0.139. The number of aromatic nitrogens is 1. The summed E-state index contributed by atoms with van der Waals surface area (Å²) in [4.78, 5) is 47.3. The number of imide groups is 1. The Hall–Kier alpha value is -2.74. The van der Waals surface area contributed by atoms with Crippen LogP contribution in [0.25, 0.3) is 0 Å².